The lowest BCUT2D eigenvalue weighted by atomic mass is 9.86. The van der Waals surface area contributed by atoms with E-state index < -0.39 is 11.6 Å². The van der Waals surface area contributed by atoms with Crippen LogP contribution in [0, 0.1) is 0 Å². The van der Waals surface area contributed by atoms with Gasteiger partial charge in [-0.15, -0.1) is 0 Å². The second-order valence-corrected chi connectivity index (χ2v) is 13.1. The van der Waals surface area contributed by atoms with Crippen LogP contribution >= 0.6 is 22.6 Å². The molecule has 11 heteroatoms. The smallest absolute Gasteiger partial charge is 0.329 e. The minimum Gasteiger partial charge on any atom is -0.458 e. The van der Waals surface area contributed by atoms with Crippen molar-refractivity contribution in [2.24, 2.45) is 0 Å². The van der Waals surface area contributed by atoms with Crippen molar-refractivity contribution >= 4 is 57.2 Å². The van der Waals surface area contributed by atoms with Gasteiger partial charge >= 0.3 is 18.0 Å². The number of para-hydroxylation sites is 1. The van der Waals surface area contributed by atoms with Crippen LogP contribution in [0.1, 0.15) is 68.6 Å². The largest absolute Gasteiger partial charge is 0.458 e. The molecule has 10 nitrogen and oxygen atoms in total. The number of hydrogen-bond donors (Lipinski definition) is 3. The molecule has 1 saturated heterocycles. The predicted octanol–water partition coefficient (Wildman–Crippen LogP) is 5.90. The van der Waals surface area contributed by atoms with Gasteiger partial charge in [0.05, 0.1) is 11.7 Å². The molecule has 2 fully saturated rings. The normalized spacial score (nSPS) is 19.4. The van der Waals surface area contributed by atoms with Crippen molar-refractivity contribution in [3.63, 3.8) is 0 Å². The van der Waals surface area contributed by atoms with E-state index in [0.717, 1.165) is 69.8 Å². The molecule has 1 aromatic heterocycles. The van der Waals surface area contributed by atoms with Gasteiger partial charge in [-0.1, -0.05) is 53.3 Å². The minimum atomic E-state index is -0.820. The SMILES string of the molecule is CC1(OC(=O)C(Cc2cc(CI)c3[nH]ncc3c2)NC(=O)N2CCC(N3Cc4ccccc4NC3=O)CC2)CCCCC1. The summed E-state index contributed by atoms with van der Waals surface area (Å²) in [6, 6.07) is 10.8. The van der Waals surface area contributed by atoms with Crippen LogP contribution < -0.4 is 10.6 Å². The number of ether oxygens (including phenoxy) is 1. The highest BCUT2D eigenvalue weighted by Gasteiger charge is 2.36. The van der Waals surface area contributed by atoms with E-state index in [0.29, 0.717) is 38.9 Å². The fourth-order valence-corrected chi connectivity index (χ4v) is 7.31. The molecule has 0 radical (unpaired) electrons. The fraction of sp³-hybridized carbons (Fsp3) is 0.500. The number of H-pyrrole nitrogens is 1. The highest BCUT2D eigenvalue weighted by molar-refractivity contribution is 14.1. The third-order valence-electron chi connectivity index (χ3n) is 9.17. The summed E-state index contributed by atoms with van der Waals surface area (Å²) in [6.07, 6.45) is 8.35. The zero-order valence-electron chi connectivity index (χ0n) is 24.5. The Kier molecular flexibility index (Phi) is 8.78. The number of alkyl halides is 1. The van der Waals surface area contributed by atoms with Gasteiger partial charge in [-0.05, 0) is 74.3 Å². The Morgan fingerprint density at radius 3 is 2.70 bits per heavy atom. The summed E-state index contributed by atoms with van der Waals surface area (Å²) >= 11 is 2.33. The zero-order valence-corrected chi connectivity index (χ0v) is 26.7. The molecule has 43 heavy (non-hydrogen) atoms. The van der Waals surface area contributed by atoms with Crippen LogP contribution in [0.2, 0.25) is 0 Å². The molecule has 1 atom stereocenters. The number of fused-ring (bicyclic) bond motifs is 2. The number of nitrogens with zero attached hydrogens (tertiary/aromatic N) is 3. The van der Waals surface area contributed by atoms with Gasteiger partial charge < -0.3 is 25.2 Å². The maximum atomic E-state index is 13.7. The predicted molar refractivity (Wildman–Crippen MR) is 173 cm³/mol. The Labute approximate surface area is 265 Å². The van der Waals surface area contributed by atoms with Crippen LogP contribution in [0.4, 0.5) is 15.3 Å². The summed E-state index contributed by atoms with van der Waals surface area (Å²) < 4.78 is 6.92. The van der Waals surface area contributed by atoms with Gasteiger partial charge in [-0.2, -0.15) is 5.10 Å². The minimum absolute atomic E-state index is 0.0396. The van der Waals surface area contributed by atoms with E-state index in [2.05, 4.69) is 49.5 Å². The van der Waals surface area contributed by atoms with E-state index in [-0.39, 0.29) is 24.1 Å². The first-order chi connectivity index (χ1) is 20.8. The first-order valence-corrected chi connectivity index (χ1v) is 16.8. The molecule has 3 aliphatic rings. The number of aromatic amines is 1. The number of halogens is 1. The maximum Gasteiger partial charge on any atom is 0.329 e. The van der Waals surface area contributed by atoms with E-state index >= 15 is 0 Å². The lowest BCUT2D eigenvalue weighted by molar-refractivity contribution is -0.163. The van der Waals surface area contributed by atoms with Crippen LogP contribution in [0.5, 0.6) is 0 Å². The first-order valence-electron chi connectivity index (χ1n) is 15.3. The van der Waals surface area contributed by atoms with E-state index in [1.54, 1.807) is 11.1 Å². The molecule has 228 valence electrons. The average molecular weight is 699 g/mol. The third kappa shape index (κ3) is 6.61. The summed E-state index contributed by atoms with van der Waals surface area (Å²) in [5, 5.41) is 14.3. The van der Waals surface area contributed by atoms with Gasteiger partial charge in [0.1, 0.15) is 11.6 Å². The van der Waals surface area contributed by atoms with E-state index in [1.807, 2.05) is 42.2 Å². The molecule has 1 saturated carbocycles. The zero-order chi connectivity index (χ0) is 30.0. The van der Waals surface area contributed by atoms with E-state index in [9.17, 15) is 14.4 Å². The topological polar surface area (TPSA) is 120 Å². The number of carbonyl (C=O) groups excluding carboxylic acids is 3. The van der Waals surface area contributed by atoms with Crippen LogP contribution in [0.15, 0.2) is 42.6 Å². The molecule has 1 unspecified atom stereocenters. The number of esters is 1. The van der Waals surface area contributed by atoms with Gasteiger partial charge in [0.2, 0.25) is 0 Å². The number of benzene rings is 2. The van der Waals surface area contributed by atoms with Gasteiger partial charge in [-0.3, -0.25) is 5.10 Å². The quantitative estimate of drug-likeness (QED) is 0.162. The monoisotopic (exact) mass is 698 g/mol. The van der Waals surface area contributed by atoms with Crippen molar-refractivity contribution in [3.8, 4) is 0 Å². The Morgan fingerprint density at radius 1 is 1.16 bits per heavy atom. The Balaban J connectivity index is 1.14. The highest BCUT2D eigenvalue weighted by Crippen LogP contribution is 2.32. The molecular weight excluding hydrogens is 659 g/mol. The van der Waals surface area contributed by atoms with E-state index in [1.165, 1.54) is 0 Å². The Bertz CT molecular complexity index is 1490. The van der Waals surface area contributed by atoms with Gasteiger partial charge in [-0.25, -0.2) is 14.4 Å². The Hall–Kier alpha value is -3.35. The summed E-state index contributed by atoms with van der Waals surface area (Å²) in [5.41, 5.74) is 4.49. The number of rotatable bonds is 7. The number of aromatic nitrogens is 2. The molecule has 3 aromatic rings. The highest BCUT2D eigenvalue weighted by atomic mass is 127. The standard InChI is InChI=1S/C32H39IN6O4/c1-32(11-5-2-6-12-32)43-29(40)27(17-21-15-23(18-33)28-24(16-21)19-34-37-28)36-30(41)38-13-9-25(10-14-38)39-20-22-7-3-4-8-26(22)35-31(39)42/h3-4,7-8,15-16,19,25,27H,2,5-6,9-14,17-18,20H2,1H3,(H,34,37)(H,35,42)(H,36,41). The van der Waals surface area contributed by atoms with Crippen molar-refractivity contribution in [1.82, 2.24) is 25.3 Å². The third-order valence-corrected chi connectivity index (χ3v) is 9.99. The van der Waals surface area contributed by atoms with Crippen molar-refractivity contribution in [3.05, 3.63) is 59.3 Å². The molecule has 0 spiro atoms. The first kappa shape index (κ1) is 29.7. The number of anilines is 1. The van der Waals surface area contributed by atoms with Crippen LogP contribution in [0.25, 0.3) is 10.9 Å². The lowest BCUT2D eigenvalue weighted by Crippen LogP contribution is -2.55. The summed E-state index contributed by atoms with van der Waals surface area (Å²) in [6.45, 7) is 3.57. The molecule has 1 aliphatic carbocycles. The molecule has 3 heterocycles. The van der Waals surface area contributed by atoms with Crippen molar-refractivity contribution in [2.75, 3.05) is 18.4 Å². The molecular formula is C32H39IN6O4. The molecule has 6 rings (SSSR count). The molecule has 4 amide bonds. The summed E-state index contributed by atoms with van der Waals surface area (Å²) in [7, 11) is 0. The maximum absolute atomic E-state index is 13.7. The molecule has 2 aromatic carbocycles. The van der Waals surface area contributed by atoms with E-state index in [4.69, 9.17) is 4.74 Å². The summed E-state index contributed by atoms with van der Waals surface area (Å²) in [4.78, 5) is 43.7. The lowest BCUT2D eigenvalue weighted by Gasteiger charge is -2.41. The van der Waals surface area contributed by atoms with Crippen LogP contribution in [0.3, 0.4) is 0 Å². The molecule has 0 bridgehead atoms. The Morgan fingerprint density at radius 2 is 1.93 bits per heavy atom. The second-order valence-electron chi connectivity index (χ2n) is 12.3. The van der Waals surface area contributed by atoms with Gasteiger partial charge in [0.15, 0.2) is 0 Å². The second kappa shape index (κ2) is 12.7. The molecule has 2 aliphatic heterocycles. The number of amides is 4. The number of likely N-dealkylation sites (tertiary alicyclic amines) is 1. The van der Waals surface area contributed by atoms with Crippen molar-refractivity contribution in [1.29, 1.82) is 0 Å². The fourth-order valence-electron chi connectivity index (χ4n) is 6.71. The number of urea groups is 2. The van der Waals surface area contributed by atoms with Crippen LogP contribution in [-0.4, -0.2) is 68.8 Å². The van der Waals surface area contributed by atoms with Gasteiger partial charge in [0, 0.05) is 47.6 Å². The number of carbonyl (C=O) groups is 3. The van der Waals surface area contributed by atoms with Crippen molar-refractivity contribution in [2.45, 2.75) is 86.9 Å². The molecule has 3 N–H and O–H groups in total. The summed E-state index contributed by atoms with van der Waals surface area (Å²) in [5.74, 6) is -0.389. The number of piperidine rings is 1. The number of hydrogen-bond acceptors (Lipinski definition) is 5. The average Bonchev–Trinajstić information content (AvgIpc) is 3.49. The van der Waals surface area contributed by atoms with Gasteiger partial charge in [0.25, 0.3) is 0 Å². The number of nitrogens with one attached hydrogen (secondary N) is 3. The van der Waals surface area contributed by atoms with Crippen molar-refractivity contribution < 1.29 is 19.1 Å². The van der Waals surface area contributed by atoms with Crippen LogP contribution in [-0.2, 0) is 26.9 Å².